The van der Waals surface area contributed by atoms with Crippen LogP contribution < -0.4 is 16.0 Å². The quantitative estimate of drug-likeness (QED) is 0.871. The third-order valence-corrected chi connectivity index (χ3v) is 3.14. The second kappa shape index (κ2) is 6.82. The van der Waals surface area contributed by atoms with Crippen molar-refractivity contribution in [2.75, 3.05) is 11.4 Å². The number of halogens is 3. The molecule has 5 nitrogen and oxygen atoms in total. The fourth-order valence-electron chi connectivity index (χ4n) is 2.09. The maximum atomic E-state index is 13.7. The third-order valence-electron chi connectivity index (χ3n) is 3.14. The van der Waals surface area contributed by atoms with Crippen molar-refractivity contribution >= 4 is 29.9 Å². The molecule has 1 saturated heterocycles. The first-order valence-corrected chi connectivity index (χ1v) is 6.23. The van der Waals surface area contributed by atoms with Crippen LogP contribution in [0.3, 0.4) is 0 Å². The SMILES string of the molecule is C[C@@H](N)C(=O)NC1CCN(c2c(F)cccc2F)C1=O.Cl. The van der Waals surface area contributed by atoms with Crippen LogP contribution in [-0.4, -0.2) is 30.4 Å². The Hall–Kier alpha value is -1.73. The maximum Gasteiger partial charge on any atom is 0.249 e. The first-order chi connectivity index (χ1) is 9.41. The van der Waals surface area contributed by atoms with E-state index in [4.69, 9.17) is 5.73 Å². The van der Waals surface area contributed by atoms with Gasteiger partial charge in [0.2, 0.25) is 11.8 Å². The van der Waals surface area contributed by atoms with Crippen molar-refractivity contribution in [3.8, 4) is 0 Å². The number of para-hydroxylation sites is 1. The van der Waals surface area contributed by atoms with E-state index in [1.165, 1.54) is 13.0 Å². The number of benzene rings is 1. The zero-order chi connectivity index (χ0) is 14.9. The zero-order valence-electron chi connectivity index (χ0n) is 11.3. The highest BCUT2D eigenvalue weighted by Gasteiger charge is 2.36. The summed E-state index contributed by atoms with van der Waals surface area (Å²) in [5.74, 6) is -2.63. The highest BCUT2D eigenvalue weighted by Crippen LogP contribution is 2.27. The normalized spacial score (nSPS) is 19.1. The Morgan fingerprint density at radius 3 is 2.52 bits per heavy atom. The number of rotatable bonds is 3. The van der Waals surface area contributed by atoms with Crippen LogP contribution in [0.5, 0.6) is 0 Å². The largest absolute Gasteiger partial charge is 0.343 e. The number of hydrogen-bond donors (Lipinski definition) is 2. The lowest BCUT2D eigenvalue weighted by Crippen LogP contribution is -2.47. The molecule has 1 aliphatic rings. The number of carbonyl (C=O) groups excluding carboxylic acids is 2. The summed E-state index contributed by atoms with van der Waals surface area (Å²) in [6.45, 7) is 1.63. The topological polar surface area (TPSA) is 75.4 Å². The molecule has 116 valence electrons. The Labute approximate surface area is 126 Å². The van der Waals surface area contributed by atoms with Gasteiger partial charge < -0.3 is 16.0 Å². The summed E-state index contributed by atoms with van der Waals surface area (Å²) in [5, 5.41) is 2.47. The Balaban J connectivity index is 0.00000220. The van der Waals surface area contributed by atoms with Crippen LogP contribution in [0.1, 0.15) is 13.3 Å². The number of nitrogens with two attached hydrogens (primary N) is 1. The fourth-order valence-corrected chi connectivity index (χ4v) is 2.09. The predicted molar refractivity (Wildman–Crippen MR) is 76.2 cm³/mol. The summed E-state index contributed by atoms with van der Waals surface area (Å²) in [6.07, 6.45) is 0.283. The molecule has 2 amide bonds. The van der Waals surface area contributed by atoms with Crippen molar-refractivity contribution in [1.82, 2.24) is 5.32 Å². The second-order valence-corrected chi connectivity index (χ2v) is 4.70. The van der Waals surface area contributed by atoms with E-state index in [1.807, 2.05) is 0 Å². The molecule has 1 aliphatic heterocycles. The highest BCUT2D eigenvalue weighted by atomic mass is 35.5. The van der Waals surface area contributed by atoms with E-state index in [2.05, 4.69) is 5.32 Å². The van der Waals surface area contributed by atoms with Crippen molar-refractivity contribution in [3.63, 3.8) is 0 Å². The van der Waals surface area contributed by atoms with Crippen molar-refractivity contribution in [3.05, 3.63) is 29.8 Å². The Morgan fingerprint density at radius 1 is 1.43 bits per heavy atom. The third kappa shape index (κ3) is 3.48. The van der Waals surface area contributed by atoms with Crippen LogP contribution in [0.15, 0.2) is 18.2 Å². The number of anilines is 1. The van der Waals surface area contributed by atoms with Crippen LogP contribution >= 0.6 is 12.4 Å². The van der Waals surface area contributed by atoms with Crippen LogP contribution in [0.2, 0.25) is 0 Å². The number of amides is 2. The Kier molecular flexibility index (Phi) is 5.62. The van der Waals surface area contributed by atoms with Crippen molar-refractivity contribution in [2.24, 2.45) is 5.73 Å². The maximum absolute atomic E-state index is 13.7. The highest BCUT2D eigenvalue weighted by molar-refractivity contribution is 6.01. The van der Waals surface area contributed by atoms with Gasteiger partial charge in [-0.25, -0.2) is 8.78 Å². The average Bonchev–Trinajstić information content (AvgIpc) is 2.71. The molecule has 1 unspecified atom stereocenters. The molecule has 0 aliphatic carbocycles. The van der Waals surface area contributed by atoms with Crippen LogP contribution in [0.4, 0.5) is 14.5 Å². The van der Waals surface area contributed by atoms with E-state index in [-0.39, 0.29) is 31.1 Å². The minimum atomic E-state index is -0.808. The minimum Gasteiger partial charge on any atom is -0.343 e. The van der Waals surface area contributed by atoms with Gasteiger partial charge in [-0.05, 0) is 25.5 Å². The van der Waals surface area contributed by atoms with E-state index >= 15 is 0 Å². The van der Waals surface area contributed by atoms with Gasteiger partial charge in [0.15, 0.2) is 0 Å². The number of carbonyl (C=O) groups is 2. The first-order valence-electron chi connectivity index (χ1n) is 6.23. The molecule has 1 aromatic rings. The minimum absolute atomic E-state index is 0. The van der Waals surface area contributed by atoms with Crippen LogP contribution in [0.25, 0.3) is 0 Å². The lowest BCUT2D eigenvalue weighted by molar-refractivity contribution is -0.127. The summed E-state index contributed by atoms with van der Waals surface area (Å²) >= 11 is 0. The van der Waals surface area contributed by atoms with Gasteiger partial charge in [-0.3, -0.25) is 9.59 Å². The summed E-state index contributed by atoms with van der Waals surface area (Å²) < 4.78 is 27.3. The zero-order valence-corrected chi connectivity index (χ0v) is 12.1. The molecule has 0 radical (unpaired) electrons. The second-order valence-electron chi connectivity index (χ2n) is 4.70. The average molecular weight is 320 g/mol. The van der Waals surface area contributed by atoms with E-state index in [0.29, 0.717) is 0 Å². The summed E-state index contributed by atoms with van der Waals surface area (Å²) in [6, 6.07) is 1.85. The van der Waals surface area contributed by atoms with E-state index in [1.54, 1.807) is 0 Å². The van der Waals surface area contributed by atoms with Gasteiger partial charge >= 0.3 is 0 Å². The molecule has 3 N–H and O–H groups in total. The lowest BCUT2D eigenvalue weighted by Gasteiger charge is -2.18. The van der Waals surface area contributed by atoms with E-state index in [9.17, 15) is 18.4 Å². The van der Waals surface area contributed by atoms with Gasteiger partial charge in [0.25, 0.3) is 0 Å². The molecular formula is C13H16ClF2N3O2. The predicted octanol–water partition coefficient (Wildman–Crippen LogP) is 0.955. The molecule has 8 heteroatoms. The number of hydrogen-bond acceptors (Lipinski definition) is 3. The molecule has 1 fully saturated rings. The number of nitrogens with one attached hydrogen (secondary N) is 1. The van der Waals surface area contributed by atoms with Crippen LogP contribution in [0, 0.1) is 11.6 Å². The molecule has 2 atom stereocenters. The molecule has 0 saturated carbocycles. The lowest BCUT2D eigenvalue weighted by atomic mass is 10.2. The molecule has 0 spiro atoms. The smallest absolute Gasteiger partial charge is 0.249 e. The van der Waals surface area contributed by atoms with Gasteiger partial charge in [-0.1, -0.05) is 6.07 Å². The Bertz CT molecular complexity index is 534. The fraction of sp³-hybridized carbons (Fsp3) is 0.385. The number of nitrogens with zero attached hydrogens (tertiary/aromatic N) is 1. The van der Waals surface area contributed by atoms with Crippen molar-refractivity contribution < 1.29 is 18.4 Å². The van der Waals surface area contributed by atoms with Crippen molar-refractivity contribution in [2.45, 2.75) is 25.4 Å². The first kappa shape index (κ1) is 17.3. The van der Waals surface area contributed by atoms with Crippen LogP contribution in [-0.2, 0) is 9.59 Å². The van der Waals surface area contributed by atoms with Gasteiger partial charge in [-0.2, -0.15) is 0 Å². The van der Waals surface area contributed by atoms with Gasteiger partial charge in [-0.15, -0.1) is 12.4 Å². The summed E-state index contributed by atoms with van der Waals surface area (Å²) in [4.78, 5) is 24.6. The molecule has 1 aromatic carbocycles. The summed E-state index contributed by atoms with van der Waals surface area (Å²) in [7, 11) is 0. The van der Waals surface area contributed by atoms with E-state index in [0.717, 1.165) is 17.0 Å². The molecule has 2 rings (SSSR count). The molecule has 1 heterocycles. The Morgan fingerprint density at radius 2 is 2.00 bits per heavy atom. The molecule has 0 aromatic heterocycles. The standard InChI is InChI=1S/C13H15F2N3O2.ClH/c1-7(16)12(19)17-10-5-6-18(13(10)20)11-8(14)3-2-4-9(11)15;/h2-4,7,10H,5-6,16H2,1H3,(H,17,19);1H/t7-,10?;/m1./s1. The molecular weight excluding hydrogens is 304 g/mol. The van der Waals surface area contributed by atoms with Crippen molar-refractivity contribution in [1.29, 1.82) is 0 Å². The van der Waals surface area contributed by atoms with Gasteiger partial charge in [0, 0.05) is 6.54 Å². The van der Waals surface area contributed by atoms with Gasteiger partial charge in [0.1, 0.15) is 23.4 Å². The molecule has 0 bridgehead atoms. The molecule has 21 heavy (non-hydrogen) atoms. The van der Waals surface area contributed by atoms with E-state index < -0.39 is 35.5 Å². The monoisotopic (exact) mass is 319 g/mol. The van der Waals surface area contributed by atoms with Gasteiger partial charge in [0.05, 0.1) is 6.04 Å². The summed E-state index contributed by atoms with van der Waals surface area (Å²) in [5.41, 5.74) is 5.02.